The van der Waals surface area contributed by atoms with Gasteiger partial charge in [0.05, 0.1) is 16.6 Å². The van der Waals surface area contributed by atoms with Crippen molar-refractivity contribution in [1.82, 2.24) is 31.1 Å². The van der Waals surface area contributed by atoms with Crippen molar-refractivity contribution in [3.8, 4) is 11.1 Å². The number of halogens is 2. The molecule has 0 spiro atoms. The van der Waals surface area contributed by atoms with Gasteiger partial charge in [0.1, 0.15) is 10.5 Å². The number of hydrogen-bond acceptors (Lipinski definition) is 10. The van der Waals surface area contributed by atoms with Crippen LogP contribution in [0.3, 0.4) is 0 Å². The van der Waals surface area contributed by atoms with E-state index in [2.05, 4.69) is 31.1 Å². The molecule has 43 heavy (non-hydrogen) atoms. The van der Waals surface area contributed by atoms with Crippen LogP contribution >= 0.6 is 11.3 Å². The van der Waals surface area contributed by atoms with Gasteiger partial charge in [0.15, 0.2) is 15.1 Å². The first kappa shape index (κ1) is 28.8. The summed E-state index contributed by atoms with van der Waals surface area (Å²) in [6.07, 6.45) is 0.113. The SMILES string of the molecule is CC1(Cc2nnc(C(c3nc4ccc(-c5cccc(C(=O)NC6CC(F)(F)C6)c5)cc4s3)S(C)(=O)=O)o2)NC(=O)NC1=O. The molecule has 2 atom stereocenters. The topological polar surface area (TPSA) is 173 Å². The highest BCUT2D eigenvalue weighted by molar-refractivity contribution is 7.91. The Bertz CT molecular complexity index is 1900. The van der Waals surface area contributed by atoms with Crippen LogP contribution in [0.15, 0.2) is 46.9 Å². The largest absolute Gasteiger partial charge is 0.423 e. The molecule has 1 saturated carbocycles. The van der Waals surface area contributed by atoms with Crippen LogP contribution in [0.4, 0.5) is 13.6 Å². The molecule has 4 amide bonds. The lowest BCUT2D eigenvalue weighted by molar-refractivity contribution is -0.123. The van der Waals surface area contributed by atoms with E-state index >= 15 is 0 Å². The molecule has 6 rings (SSSR count). The first-order valence-corrected chi connectivity index (χ1v) is 15.8. The van der Waals surface area contributed by atoms with Crippen LogP contribution in [0, 0.1) is 0 Å². The fourth-order valence-corrected chi connectivity index (χ4v) is 7.56. The van der Waals surface area contributed by atoms with Crippen LogP contribution < -0.4 is 16.0 Å². The van der Waals surface area contributed by atoms with Crippen molar-refractivity contribution in [2.45, 2.75) is 48.9 Å². The highest BCUT2D eigenvalue weighted by atomic mass is 32.2. The summed E-state index contributed by atoms with van der Waals surface area (Å²) in [6.45, 7) is 1.48. The first-order chi connectivity index (χ1) is 20.2. The van der Waals surface area contributed by atoms with E-state index in [0.29, 0.717) is 21.3 Å². The van der Waals surface area contributed by atoms with Gasteiger partial charge in [-0.3, -0.25) is 14.9 Å². The Morgan fingerprint density at radius 1 is 1.16 bits per heavy atom. The summed E-state index contributed by atoms with van der Waals surface area (Å²) in [4.78, 5) is 40.9. The molecule has 2 unspecified atom stereocenters. The van der Waals surface area contributed by atoms with E-state index in [1.165, 1.54) is 6.92 Å². The summed E-state index contributed by atoms with van der Waals surface area (Å²) in [6, 6.07) is 10.8. The van der Waals surface area contributed by atoms with Gasteiger partial charge >= 0.3 is 6.03 Å². The molecule has 0 radical (unpaired) electrons. The lowest BCUT2D eigenvalue weighted by Crippen LogP contribution is -2.50. The molecule has 2 fully saturated rings. The second-order valence-electron chi connectivity index (χ2n) is 10.9. The number of nitrogens with zero attached hydrogens (tertiary/aromatic N) is 3. The number of benzene rings is 2. The van der Waals surface area contributed by atoms with Crippen molar-refractivity contribution >= 4 is 49.2 Å². The Kier molecular flexibility index (Phi) is 6.80. The number of carbonyl (C=O) groups is 3. The smallest absolute Gasteiger partial charge is 0.322 e. The summed E-state index contributed by atoms with van der Waals surface area (Å²) in [5.41, 5.74) is 0.938. The number of rotatable bonds is 8. The van der Waals surface area contributed by atoms with Crippen molar-refractivity contribution in [1.29, 1.82) is 0 Å². The van der Waals surface area contributed by atoms with E-state index < -0.39 is 50.4 Å². The number of thiazole rings is 1. The van der Waals surface area contributed by atoms with Gasteiger partial charge < -0.3 is 15.1 Å². The molecule has 2 aromatic heterocycles. The third-order valence-corrected chi connectivity index (χ3v) is 9.78. The van der Waals surface area contributed by atoms with Gasteiger partial charge in [-0.15, -0.1) is 21.5 Å². The lowest BCUT2D eigenvalue weighted by atomic mass is 9.88. The summed E-state index contributed by atoms with van der Waals surface area (Å²) in [5.74, 6) is -4.03. The molecule has 3 N–H and O–H groups in total. The molecule has 3 heterocycles. The van der Waals surface area contributed by atoms with Crippen LogP contribution in [-0.4, -0.2) is 65.2 Å². The van der Waals surface area contributed by atoms with E-state index in [4.69, 9.17) is 4.42 Å². The maximum Gasteiger partial charge on any atom is 0.322 e. The number of carbonyl (C=O) groups excluding carboxylic acids is 3. The zero-order valence-electron chi connectivity index (χ0n) is 22.7. The van der Waals surface area contributed by atoms with Gasteiger partial charge in [-0.1, -0.05) is 18.2 Å². The molecule has 1 aliphatic carbocycles. The second kappa shape index (κ2) is 10.2. The van der Waals surface area contributed by atoms with Gasteiger partial charge in [0.2, 0.25) is 11.8 Å². The van der Waals surface area contributed by atoms with E-state index in [-0.39, 0.29) is 36.1 Å². The fourth-order valence-electron chi connectivity index (χ4n) is 5.03. The van der Waals surface area contributed by atoms with E-state index in [1.54, 1.807) is 42.5 Å². The van der Waals surface area contributed by atoms with Crippen molar-refractivity contribution in [2.75, 3.05) is 6.26 Å². The van der Waals surface area contributed by atoms with Gasteiger partial charge in [-0.2, -0.15) is 0 Å². The van der Waals surface area contributed by atoms with Gasteiger partial charge in [0, 0.05) is 30.7 Å². The standard InChI is InChI=1S/C27H24F2N6O6S2/c1-26(24(37)32-25(38)33-26)12-19-34-35-22(41-19)20(43(2,39)40)23-31-17-7-6-14(9-18(17)42-23)13-4-3-5-15(8-13)21(36)30-16-10-27(28,29)11-16/h3-9,16,20H,10-12H2,1-2H3,(H,30,36)(H2,32,33,37,38). The molecule has 16 heteroatoms. The van der Waals surface area contributed by atoms with Crippen molar-refractivity contribution in [3.05, 3.63) is 64.8 Å². The zero-order valence-corrected chi connectivity index (χ0v) is 24.3. The second-order valence-corrected chi connectivity index (χ2v) is 14.1. The third-order valence-electron chi connectivity index (χ3n) is 7.27. The Balaban J connectivity index is 1.25. The average molecular weight is 631 g/mol. The number of amides is 4. The van der Waals surface area contributed by atoms with E-state index in [0.717, 1.165) is 23.2 Å². The summed E-state index contributed by atoms with van der Waals surface area (Å²) in [5, 5.41) is 13.9. The molecule has 4 aromatic rings. The van der Waals surface area contributed by atoms with Gasteiger partial charge in [-0.25, -0.2) is 27.0 Å². The number of nitrogens with one attached hydrogen (secondary N) is 3. The predicted octanol–water partition coefficient (Wildman–Crippen LogP) is 3.15. The molecule has 1 saturated heterocycles. The number of hydrogen-bond donors (Lipinski definition) is 3. The van der Waals surface area contributed by atoms with Crippen LogP contribution in [0.25, 0.3) is 21.3 Å². The van der Waals surface area contributed by atoms with Crippen LogP contribution in [0.5, 0.6) is 0 Å². The number of fused-ring (bicyclic) bond motifs is 1. The number of aromatic nitrogens is 3. The van der Waals surface area contributed by atoms with Gasteiger partial charge in [-0.05, 0) is 42.3 Å². The zero-order chi connectivity index (χ0) is 30.7. The van der Waals surface area contributed by atoms with Gasteiger partial charge in [0.25, 0.3) is 17.7 Å². The molecule has 0 bridgehead atoms. The minimum Gasteiger partial charge on any atom is -0.423 e. The predicted molar refractivity (Wildman–Crippen MR) is 150 cm³/mol. The highest BCUT2D eigenvalue weighted by Gasteiger charge is 2.46. The minimum absolute atomic E-state index is 0.0400. The molecular weight excluding hydrogens is 606 g/mol. The molecule has 12 nitrogen and oxygen atoms in total. The molecule has 224 valence electrons. The average Bonchev–Trinajstić information content (AvgIpc) is 3.59. The summed E-state index contributed by atoms with van der Waals surface area (Å²) in [7, 11) is -3.85. The lowest BCUT2D eigenvalue weighted by Gasteiger charge is -2.35. The monoisotopic (exact) mass is 630 g/mol. The molecule has 2 aromatic carbocycles. The summed E-state index contributed by atoms with van der Waals surface area (Å²) < 4.78 is 58.4. The van der Waals surface area contributed by atoms with Crippen molar-refractivity contribution in [2.24, 2.45) is 0 Å². The Hall–Kier alpha value is -4.31. The van der Waals surface area contributed by atoms with E-state index in [1.807, 2.05) is 0 Å². The Morgan fingerprint density at radius 3 is 2.58 bits per heavy atom. The van der Waals surface area contributed by atoms with E-state index in [9.17, 15) is 31.6 Å². The highest BCUT2D eigenvalue weighted by Crippen LogP contribution is 2.38. The quantitative estimate of drug-likeness (QED) is 0.247. The molecule has 2 aliphatic rings. The number of alkyl halides is 2. The number of sulfone groups is 1. The normalized spacial score (nSPS) is 20.8. The number of imide groups is 1. The summed E-state index contributed by atoms with van der Waals surface area (Å²) >= 11 is 1.12. The van der Waals surface area contributed by atoms with Crippen molar-refractivity contribution < 1.29 is 36.0 Å². The third kappa shape index (κ3) is 5.71. The maximum atomic E-state index is 13.2. The number of urea groups is 1. The van der Waals surface area contributed by atoms with Crippen LogP contribution in [0.2, 0.25) is 0 Å². The van der Waals surface area contributed by atoms with Crippen molar-refractivity contribution in [3.63, 3.8) is 0 Å². The molecular formula is C27H24F2N6O6S2. The van der Waals surface area contributed by atoms with Crippen LogP contribution in [-0.2, 0) is 21.1 Å². The minimum atomic E-state index is -3.85. The Morgan fingerprint density at radius 2 is 1.91 bits per heavy atom. The maximum absolute atomic E-state index is 13.2. The molecule has 1 aliphatic heterocycles. The Labute approximate surface area is 247 Å². The fraction of sp³-hybridized carbons (Fsp3) is 0.333. The first-order valence-electron chi connectivity index (χ1n) is 13.0. The van der Waals surface area contributed by atoms with Crippen LogP contribution in [0.1, 0.15) is 52.2 Å².